The van der Waals surface area contributed by atoms with Gasteiger partial charge in [-0.25, -0.2) is 0 Å². The average molecular weight is 283 g/mol. The molecule has 1 N–H and O–H groups in total. The molecule has 2 rings (SSSR count). The number of amides is 1. The van der Waals surface area contributed by atoms with Crippen LogP contribution in [-0.2, 0) is 16.0 Å². The molecule has 0 aromatic heterocycles. The van der Waals surface area contributed by atoms with E-state index in [1.165, 1.54) is 11.1 Å². The van der Waals surface area contributed by atoms with E-state index in [1.54, 1.807) is 7.11 Å². The van der Waals surface area contributed by atoms with Crippen LogP contribution in [0.25, 0.3) is 11.1 Å². The second-order valence-electron chi connectivity index (χ2n) is 4.94. The molecule has 0 atom stereocenters. The monoisotopic (exact) mass is 283 g/mol. The second kappa shape index (κ2) is 8.22. The first-order valence-corrected chi connectivity index (χ1v) is 7.19. The predicted molar refractivity (Wildman–Crippen MR) is 85.1 cm³/mol. The van der Waals surface area contributed by atoms with Crippen molar-refractivity contribution in [2.45, 2.75) is 12.8 Å². The third-order valence-electron chi connectivity index (χ3n) is 3.27. The normalized spacial score (nSPS) is 10.3. The third kappa shape index (κ3) is 5.04. The molecular weight excluding hydrogens is 262 g/mol. The molecule has 0 unspecified atom stereocenters. The molecule has 0 bridgehead atoms. The molecule has 2 aromatic carbocycles. The molecule has 0 heterocycles. The van der Waals surface area contributed by atoms with Crippen molar-refractivity contribution in [3.63, 3.8) is 0 Å². The van der Waals surface area contributed by atoms with Gasteiger partial charge in [0, 0.05) is 20.3 Å². The quantitative estimate of drug-likeness (QED) is 0.793. The first-order chi connectivity index (χ1) is 10.3. The van der Waals surface area contributed by atoms with Crippen molar-refractivity contribution in [2.75, 3.05) is 20.3 Å². The number of ether oxygens (including phenoxy) is 1. The van der Waals surface area contributed by atoms with Gasteiger partial charge in [-0.05, 0) is 23.1 Å². The summed E-state index contributed by atoms with van der Waals surface area (Å²) in [5, 5.41) is 2.89. The average Bonchev–Trinajstić information content (AvgIpc) is 2.53. The lowest BCUT2D eigenvalue weighted by Gasteiger charge is -2.06. The fraction of sp³-hybridized carbons (Fsp3) is 0.278. The molecule has 21 heavy (non-hydrogen) atoms. The van der Waals surface area contributed by atoms with E-state index in [1.807, 2.05) is 30.3 Å². The predicted octanol–water partition coefficient (Wildman–Crippen LogP) is 3.05. The highest BCUT2D eigenvalue weighted by Gasteiger charge is 2.03. The van der Waals surface area contributed by atoms with Crippen LogP contribution in [-0.4, -0.2) is 26.2 Å². The summed E-state index contributed by atoms with van der Waals surface area (Å²) in [5.41, 5.74) is 3.38. The van der Waals surface area contributed by atoms with E-state index in [2.05, 4.69) is 29.6 Å². The van der Waals surface area contributed by atoms with Crippen LogP contribution in [0.3, 0.4) is 0 Å². The maximum Gasteiger partial charge on any atom is 0.224 e. The minimum atomic E-state index is 0.0542. The Morgan fingerprint density at radius 2 is 1.67 bits per heavy atom. The van der Waals surface area contributed by atoms with Crippen molar-refractivity contribution in [2.24, 2.45) is 0 Å². The minimum absolute atomic E-state index is 0.0542. The summed E-state index contributed by atoms with van der Waals surface area (Å²) in [4.78, 5) is 11.8. The second-order valence-corrected chi connectivity index (χ2v) is 4.94. The Labute approximate surface area is 126 Å². The van der Waals surface area contributed by atoms with Gasteiger partial charge >= 0.3 is 0 Å². The molecule has 0 saturated heterocycles. The van der Waals surface area contributed by atoms with E-state index in [-0.39, 0.29) is 5.91 Å². The van der Waals surface area contributed by atoms with Crippen LogP contribution in [0.5, 0.6) is 0 Å². The number of benzene rings is 2. The molecule has 0 aliphatic heterocycles. The van der Waals surface area contributed by atoms with E-state index in [4.69, 9.17) is 4.74 Å². The Hall–Kier alpha value is -2.13. The summed E-state index contributed by atoms with van der Waals surface area (Å²) in [5.74, 6) is 0.0542. The van der Waals surface area contributed by atoms with E-state index >= 15 is 0 Å². The zero-order valence-electron chi connectivity index (χ0n) is 12.3. The molecule has 1 amide bonds. The molecule has 0 fully saturated rings. The van der Waals surface area contributed by atoms with Gasteiger partial charge in [0.05, 0.1) is 6.42 Å². The van der Waals surface area contributed by atoms with E-state index in [0.717, 1.165) is 12.0 Å². The van der Waals surface area contributed by atoms with Gasteiger partial charge in [-0.15, -0.1) is 0 Å². The van der Waals surface area contributed by atoms with Crippen LogP contribution in [0.4, 0.5) is 0 Å². The third-order valence-corrected chi connectivity index (χ3v) is 3.27. The Bertz CT molecular complexity index is 549. The van der Waals surface area contributed by atoms with Crippen molar-refractivity contribution in [3.8, 4) is 11.1 Å². The summed E-state index contributed by atoms with van der Waals surface area (Å²) < 4.78 is 4.95. The van der Waals surface area contributed by atoms with Crippen LogP contribution in [0.1, 0.15) is 12.0 Å². The summed E-state index contributed by atoms with van der Waals surface area (Å²) in [7, 11) is 1.66. The van der Waals surface area contributed by atoms with E-state index in [0.29, 0.717) is 19.6 Å². The molecule has 3 heteroatoms. The zero-order chi connectivity index (χ0) is 14.9. The highest BCUT2D eigenvalue weighted by Crippen LogP contribution is 2.19. The fourth-order valence-electron chi connectivity index (χ4n) is 2.14. The molecule has 0 saturated carbocycles. The minimum Gasteiger partial charge on any atom is -0.385 e. The van der Waals surface area contributed by atoms with Crippen LogP contribution in [0.2, 0.25) is 0 Å². The maximum absolute atomic E-state index is 11.8. The largest absolute Gasteiger partial charge is 0.385 e. The Morgan fingerprint density at radius 1 is 1.00 bits per heavy atom. The summed E-state index contributed by atoms with van der Waals surface area (Å²) >= 11 is 0. The zero-order valence-corrected chi connectivity index (χ0v) is 12.3. The van der Waals surface area contributed by atoms with Crippen LogP contribution >= 0.6 is 0 Å². The summed E-state index contributed by atoms with van der Waals surface area (Å²) in [6.07, 6.45) is 1.26. The molecular formula is C18H21NO2. The summed E-state index contributed by atoms with van der Waals surface area (Å²) in [6, 6.07) is 18.4. The van der Waals surface area contributed by atoms with Crippen LogP contribution < -0.4 is 5.32 Å². The van der Waals surface area contributed by atoms with Gasteiger partial charge in [-0.2, -0.15) is 0 Å². The number of carbonyl (C=O) groups excluding carboxylic acids is 1. The smallest absolute Gasteiger partial charge is 0.224 e. The molecule has 0 aliphatic rings. The van der Waals surface area contributed by atoms with Gasteiger partial charge in [0.2, 0.25) is 5.91 Å². The van der Waals surface area contributed by atoms with Crippen LogP contribution in [0.15, 0.2) is 54.6 Å². The van der Waals surface area contributed by atoms with Crippen molar-refractivity contribution >= 4 is 5.91 Å². The topological polar surface area (TPSA) is 38.3 Å². The Balaban J connectivity index is 1.86. The number of hydrogen-bond donors (Lipinski definition) is 1. The lowest BCUT2D eigenvalue weighted by atomic mass is 10.0. The van der Waals surface area contributed by atoms with E-state index < -0.39 is 0 Å². The number of carbonyl (C=O) groups is 1. The first kappa shape index (κ1) is 15.3. The van der Waals surface area contributed by atoms with Crippen molar-refractivity contribution in [1.29, 1.82) is 0 Å². The van der Waals surface area contributed by atoms with Gasteiger partial charge in [-0.3, -0.25) is 4.79 Å². The molecule has 0 spiro atoms. The highest BCUT2D eigenvalue weighted by molar-refractivity contribution is 5.78. The van der Waals surface area contributed by atoms with Gasteiger partial charge in [-0.1, -0.05) is 54.6 Å². The molecule has 3 nitrogen and oxygen atoms in total. The van der Waals surface area contributed by atoms with Gasteiger partial charge in [0.15, 0.2) is 0 Å². The number of rotatable bonds is 7. The number of hydrogen-bond acceptors (Lipinski definition) is 2. The molecule has 0 radical (unpaired) electrons. The molecule has 0 aliphatic carbocycles. The first-order valence-electron chi connectivity index (χ1n) is 7.19. The lowest BCUT2D eigenvalue weighted by Crippen LogP contribution is -2.26. The Kier molecular flexibility index (Phi) is 5.98. The standard InChI is InChI=1S/C18H21NO2/c1-21-13-5-12-19-18(20)14-15-8-10-17(11-9-15)16-6-3-2-4-7-16/h2-4,6-11H,5,12-14H2,1H3,(H,19,20). The fourth-order valence-corrected chi connectivity index (χ4v) is 2.14. The maximum atomic E-state index is 11.8. The van der Waals surface area contributed by atoms with Crippen molar-refractivity contribution in [1.82, 2.24) is 5.32 Å². The van der Waals surface area contributed by atoms with Crippen molar-refractivity contribution in [3.05, 3.63) is 60.2 Å². The summed E-state index contributed by atoms with van der Waals surface area (Å²) in [6.45, 7) is 1.33. The van der Waals surface area contributed by atoms with Crippen LogP contribution in [0, 0.1) is 0 Å². The van der Waals surface area contributed by atoms with Crippen molar-refractivity contribution < 1.29 is 9.53 Å². The lowest BCUT2D eigenvalue weighted by molar-refractivity contribution is -0.120. The van der Waals surface area contributed by atoms with Gasteiger partial charge in [0.1, 0.15) is 0 Å². The van der Waals surface area contributed by atoms with Gasteiger partial charge < -0.3 is 10.1 Å². The highest BCUT2D eigenvalue weighted by atomic mass is 16.5. The number of methoxy groups -OCH3 is 1. The number of nitrogens with one attached hydrogen (secondary N) is 1. The molecule has 110 valence electrons. The SMILES string of the molecule is COCCCNC(=O)Cc1ccc(-c2ccccc2)cc1. The Morgan fingerprint density at radius 3 is 2.33 bits per heavy atom. The molecule has 2 aromatic rings. The van der Waals surface area contributed by atoms with Gasteiger partial charge in [0.25, 0.3) is 0 Å². The van der Waals surface area contributed by atoms with E-state index in [9.17, 15) is 4.79 Å².